The van der Waals surface area contributed by atoms with E-state index in [9.17, 15) is 14.7 Å². The normalized spacial score (nSPS) is 17.9. The van der Waals surface area contributed by atoms with E-state index in [0.717, 1.165) is 5.56 Å². The highest BCUT2D eigenvalue weighted by molar-refractivity contribution is 6.51. The Morgan fingerprint density at radius 3 is 2.27 bits per heavy atom. The molecule has 0 saturated carbocycles. The van der Waals surface area contributed by atoms with Crippen molar-refractivity contribution in [2.24, 2.45) is 0 Å². The molecule has 1 N–H and O–H groups in total. The highest BCUT2D eigenvalue weighted by Gasteiger charge is 2.47. The van der Waals surface area contributed by atoms with Gasteiger partial charge in [0.05, 0.1) is 24.3 Å². The third-order valence-corrected chi connectivity index (χ3v) is 5.82. The Labute approximate surface area is 193 Å². The number of aliphatic hydroxyl groups excluding tert-OH is 1. The number of nitrogens with zero attached hydrogens (tertiary/aromatic N) is 2. The van der Waals surface area contributed by atoms with Crippen molar-refractivity contribution in [3.8, 4) is 5.75 Å². The standard InChI is InChI=1S/C27H26N2O4/c1-27(2,3)18-10-11-21(33-4)20(16-18)24(30)22-23(17-12-14-28-15-13-17)29(26(32)25(22)31)19-8-6-5-7-9-19/h5-16,23,30H,1-4H3/b24-22+. The van der Waals surface area contributed by atoms with E-state index in [1.165, 1.54) is 12.0 Å². The Kier molecular flexibility index (Phi) is 5.77. The van der Waals surface area contributed by atoms with Gasteiger partial charge in [-0.25, -0.2) is 0 Å². The molecular weight excluding hydrogens is 416 g/mol. The maximum absolute atomic E-state index is 13.3. The number of amides is 1. The fourth-order valence-electron chi connectivity index (χ4n) is 4.05. The number of ketones is 1. The van der Waals surface area contributed by atoms with Gasteiger partial charge >= 0.3 is 0 Å². The molecule has 1 aromatic heterocycles. The molecule has 168 valence electrons. The zero-order chi connectivity index (χ0) is 23.8. The number of para-hydroxylation sites is 1. The summed E-state index contributed by atoms with van der Waals surface area (Å²) >= 11 is 0. The number of Topliss-reactive ketones (excluding diaryl/α,β-unsaturated/α-hetero) is 1. The predicted molar refractivity (Wildman–Crippen MR) is 127 cm³/mol. The van der Waals surface area contributed by atoms with Crippen LogP contribution in [0.15, 0.2) is 78.6 Å². The number of methoxy groups -OCH3 is 1. The molecule has 1 atom stereocenters. The van der Waals surface area contributed by atoms with Crippen LogP contribution >= 0.6 is 0 Å². The van der Waals surface area contributed by atoms with Gasteiger partial charge in [0, 0.05) is 18.1 Å². The second-order valence-corrected chi connectivity index (χ2v) is 8.95. The Morgan fingerprint density at radius 2 is 1.67 bits per heavy atom. The number of benzene rings is 2. The monoisotopic (exact) mass is 442 g/mol. The van der Waals surface area contributed by atoms with Crippen molar-refractivity contribution in [2.75, 3.05) is 12.0 Å². The lowest BCUT2D eigenvalue weighted by Gasteiger charge is -2.25. The number of carbonyl (C=O) groups is 2. The average molecular weight is 443 g/mol. The highest BCUT2D eigenvalue weighted by atomic mass is 16.5. The Bertz CT molecular complexity index is 1230. The summed E-state index contributed by atoms with van der Waals surface area (Å²) in [6, 6.07) is 17.1. The summed E-state index contributed by atoms with van der Waals surface area (Å²) in [5.41, 5.74) is 2.38. The molecule has 6 nitrogen and oxygen atoms in total. The number of hydrogen-bond donors (Lipinski definition) is 1. The summed E-state index contributed by atoms with van der Waals surface area (Å²) in [7, 11) is 1.51. The number of aliphatic hydroxyl groups is 1. The number of hydrogen-bond acceptors (Lipinski definition) is 5. The Hall–Kier alpha value is -3.93. The molecule has 2 heterocycles. The molecule has 1 unspecified atom stereocenters. The topological polar surface area (TPSA) is 79.7 Å². The first-order chi connectivity index (χ1) is 15.7. The van der Waals surface area contributed by atoms with Gasteiger partial charge in [-0.3, -0.25) is 19.5 Å². The lowest BCUT2D eigenvalue weighted by molar-refractivity contribution is -0.132. The van der Waals surface area contributed by atoms with E-state index in [2.05, 4.69) is 25.8 Å². The summed E-state index contributed by atoms with van der Waals surface area (Å²) in [6.07, 6.45) is 3.20. The van der Waals surface area contributed by atoms with Crippen LogP contribution in [-0.2, 0) is 15.0 Å². The fraction of sp³-hybridized carbons (Fsp3) is 0.222. The number of anilines is 1. The van der Waals surface area contributed by atoms with E-state index in [-0.39, 0.29) is 16.7 Å². The molecule has 1 aliphatic rings. The molecule has 33 heavy (non-hydrogen) atoms. The number of carbonyl (C=O) groups excluding carboxylic acids is 2. The maximum atomic E-state index is 13.3. The van der Waals surface area contributed by atoms with E-state index in [0.29, 0.717) is 22.6 Å². The molecule has 2 aromatic carbocycles. The zero-order valence-electron chi connectivity index (χ0n) is 19.1. The number of ether oxygens (including phenoxy) is 1. The van der Waals surface area contributed by atoms with Gasteiger partial charge in [-0.15, -0.1) is 0 Å². The fourth-order valence-corrected chi connectivity index (χ4v) is 4.05. The molecule has 0 aliphatic carbocycles. The van der Waals surface area contributed by atoms with Crippen molar-refractivity contribution in [1.29, 1.82) is 0 Å². The van der Waals surface area contributed by atoms with Crippen LogP contribution in [0, 0.1) is 0 Å². The molecular formula is C27H26N2O4. The largest absolute Gasteiger partial charge is 0.507 e. The van der Waals surface area contributed by atoms with Crippen molar-refractivity contribution < 1.29 is 19.4 Å². The first kappa shape index (κ1) is 22.3. The number of pyridine rings is 1. The first-order valence-electron chi connectivity index (χ1n) is 10.7. The van der Waals surface area contributed by atoms with Crippen molar-refractivity contribution in [3.63, 3.8) is 0 Å². The van der Waals surface area contributed by atoms with Crippen LogP contribution in [0.4, 0.5) is 5.69 Å². The summed E-state index contributed by atoms with van der Waals surface area (Å²) in [5, 5.41) is 11.5. The van der Waals surface area contributed by atoms with Crippen molar-refractivity contribution in [2.45, 2.75) is 32.2 Å². The van der Waals surface area contributed by atoms with Crippen LogP contribution in [0.5, 0.6) is 5.75 Å². The Morgan fingerprint density at radius 1 is 1.00 bits per heavy atom. The van der Waals surface area contributed by atoms with Gasteiger partial charge in [-0.1, -0.05) is 45.0 Å². The number of rotatable bonds is 4. The van der Waals surface area contributed by atoms with Gasteiger partial charge < -0.3 is 9.84 Å². The molecule has 0 radical (unpaired) electrons. The van der Waals surface area contributed by atoms with Crippen LogP contribution in [0.3, 0.4) is 0 Å². The lowest BCUT2D eigenvalue weighted by Crippen LogP contribution is -2.29. The van der Waals surface area contributed by atoms with Gasteiger partial charge in [0.15, 0.2) is 0 Å². The highest BCUT2D eigenvalue weighted by Crippen LogP contribution is 2.43. The van der Waals surface area contributed by atoms with E-state index in [4.69, 9.17) is 4.74 Å². The first-order valence-corrected chi connectivity index (χ1v) is 10.7. The smallest absolute Gasteiger partial charge is 0.300 e. The molecule has 1 saturated heterocycles. The van der Waals surface area contributed by atoms with Gasteiger partial charge in [0.25, 0.3) is 11.7 Å². The summed E-state index contributed by atoms with van der Waals surface area (Å²) in [4.78, 5) is 32.0. The van der Waals surface area contributed by atoms with E-state index in [1.807, 2.05) is 18.2 Å². The third kappa shape index (κ3) is 4.00. The number of aromatic nitrogens is 1. The molecule has 4 rings (SSSR count). The van der Waals surface area contributed by atoms with E-state index < -0.39 is 17.7 Å². The minimum atomic E-state index is -0.807. The molecule has 1 aliphatic heterocycles. The quantitative estimate of drug-likeness (QED) is 0.349. The van der Waals surface area contributed by atoms with Crippen molar-refractivity contribution in [1.82, 2.24) is 4.98 Å². The van der Waals surface area contributed by atoms with E-state index >= 15 is 0 Å². The average Bonchev–Trinajstić information content (AvgIpc) is 3.09. The summed E-state index contributed by atoms with van der Waals surface area (Å²) < 4.78 is 5.49. The van der Waals surface area contributed by atoms with E-state index in [1.54, 1.807) is 54.9 Å². The maximum Gasteiger partial charge on any atom is 0.300 e. The second-order valence-electron chi connectivity index (χ2n) is 8.95. The van der Waals surface area contributed by atoms with Gasteiger partial charge in [-0.05, 0) is 52.9 Å². The molecule has 1 amide bonds. The SMILES string of the molecule is COc1ccc(C(C)(C)C)cc1/C(O)=C1\C(=O)C(=O)N(c2ccccc2)C1c1ccncc1. The van der Waals surface area contributed by atoms with Crippen LogP contribution < -0.4 is 9.64 Å². The molecule has 6 heteroatoms. The molecule has 0 spiro atoms. The lowest BCUT2D eigenvalue weighted by atomic mass is 9.85. The minimum absolute atomic E-state index is 0.0133. The zero-order valence-corrected chi connectivity index (χ0v) is 19.1. The van der Waals surface area contributed by atoms with Crippen LogP contribution in [0.1, 0.15) is 43.5 Å². The molecule has 0 bridgehead atoms. The van der Waals surface area contributed by atoms with Gasteiger partial charge in [0.1, 0.15) is 11.5 Å². The predicted octanol–water partition coefficient (Wildman–Crippen LogP) is 5.01. The second kappa shape index (κ2) is 8.54. The summed E-state index contributed by atoms with van der Waals surface area (Å²) in [5.74, 6) is -1.30. The van der Waals surface area contributed by atoms with Crippen LogP contribution in [0.2, 0.25) is 0 Å². The molecule has 1 fully saturated rings. The molecule has 3 aromatic rings. The third-order valence-electron chi connectivity index (χ3n) is 5.82. The van der Waals surface area contributed by atoms with Gasteiger partial charge in [0.2, 0.25) is 0 Å². The van der Waals surface area contributed by atoms with Crippen LogP contribution in [0.25, 0.3) is 5.76 Å². The van der Waals surface area contributed by atoms with Crippen molar-refractivity contribution >= 4 is 23.1 Å². The van der Waals surface area contributed by atoms with Crippen molar-refractivity contribution in [3.05, 3.63) is 95.3 Å². The van der Waals surface area contributed by atoms with Gasteiger partial charge in [-0.2, -0.15) is 0 Å². The minimum Gasteiger partial charge on any atom is -0.507 e. The summed E-state index contributed by atoms with van der Waals surface area (Å²) in [6.45, 7) is 6.18. The van der Waals surface area contributed by atoms with Crippen LogP contribution in [-0.4, -0.2) is 28.9 Å². The Balaban J connectivity index is 1.98.